The minimum Gasteiger partial charge on any atom is -0.594 e. The van der Waals surface area contributed by atoms with E-state index < -0.39 is 0 Å². The van der Waals surface area contributed by atoms with Gasteiger partial charge in [0.1, 0.15) is 5.69 Å². The standard InChI is InChI=1S/C7H7Br2N3O/c1-11-12(13)6-3-4(8)2-5(9)7(6)10/h2-3H,10H2,1H3. The number of nitrogen functional groups attached to an aromatic ring is 1. The quantitative estimate of drug-likeness (QED) is 0.375. The van der Waals surface area contributed by atoms with Crippen molar-refractivity contribution < 1.29 is 4.86 Å². The lowest BCUT2D eigenvalue weighted by Gasteiger charge is -2.04. The first kappa shape index (κ1) is 10.5. The third kappa shape index (κ3) is 2.19. The first-order valence-electron chi connectivity index (χ1n) is 3.37. The number of hydrogen-bond donors (Lipinski definition) is 1. The van der Waals surface area contributed by atoms with Crippen molar-refractivity contribution in [3.05, 3.63) is 26.3 Å². The minimum absolute atomic E-state index is 0.323. The van der Waals surface area contributed by atoms with E-state index in [1.807, 2.05) is 0 Å². The third-order valence-corrected chi connectivity index (χ3v) is 2.57. The van der Waals surface area contributed by atoms with E-state index in [4.69, 9.17) is 5.73 Å². The molecular formula is C7H7Br2N3O. The number of rotatable bonds is 1. The summed E-state index contributed by atoms with van der Waals surface area (Å²) in [5.74, 6) is 0. The summed E-state index contributed by atoms with van der Waals surface area (Å²) < 4.78 is 1.44. The maximum atomic E-state index is 11.2. The Balaban J connectivity index is 3.37. The van der Waals surface area contributed by atoms with Crippen molar-refractivity contribution in [2.24, 2.45) is 5.11 Å². The van der Waals surface area contributed by atoms with Crippen LogP contribution >= 0.6 is 31.9 Å². The molecule has 70 valence electrons. The maximum Gasteiger partial charge on any atom is 0.269 e. The first-order chi connectivity index (χ1) is 6.06. The molecule has 0 atom stereocenters. The van der Waals surface area contributed by atoms with Gasteiger partial charge in [-0.1, -0.05) is 20.8 Å². The summed E-state index contributed by atoms with van der Waals surface area (Å²) >= 11 is 6.48. The molecule has 2 N–H and O–H groups in total. The van der Waals surface area contributed by atoms with Crippen molar-refractivity contribution >= 4 is 43.2 Å². The lowest BCUT2D eigenvalue weighted by Crippen LogP contribution is -1.97. The Morgan fingerprint density at radius 1 is 1.46 bits per heavy atom. The molecule has 0 unspecified atom stereocenters. The normalized spacial score (nSPS) is 11.8. The predicted octanol–water partition coefficient (Wildman–Crippen LogP) is 3.02. The van der Waals surface area contributed by atoms with E-state index in [1.165, 1.54) is 7.05 Å². The third-order valence-electron chi connectivity index (χ3n) is 1.46. The molecule has 0 amide bonds. The molecule has 1 rings (SSSR count). The molecule has 0 aliphatic carbocycles. The zero-order valence-corrected chi connectivity index (χ0v) is 9.96. The smallest absolute Gasteiger partial charge is 0.269 e. The van der Waals surface area contributed by atoms with E-state index in [-0.39, 0.29) is 0 Å². The van der Waals surface area contributed by atoms with E-state index in [0.717, 1.165) is 4.47 Å². The maximum absolute atomic E-state index is 11.2. The predicted molar refractivity (Wildman–Crippen MR) is 57.9 cm³/mol. The summed E-state index contributed by atoms with van der Waals surface area (Å²) in [7, 11) is 1.40. The molecule has 0 saturated heterocycles. The largest absolute Gasteiger partial charge is 0.594 e. The lowest BCUT2D eigenvalue weighted by atomic mass is 10.3. The van der Waals surface area contributed by atoms with E-state index in [1.54, 1.807) is 12.1 Å². The molecule has 0 heterocycles. The molecule has 1 aromatic rings. The van der Waals surface area contributed by atoms with Crippen LogP contribution in [0.1, 0.15) is 0 Å². The van der Waals surface area contributed by atoms with Crippen LogP contribution in [0, 0.1) is 5.21 Å². The molecule has 0 aliphatic rings. The van der Waals surface area contributed by atoms with Gasteiger partial charge in [0.25, 0.3) is 5.69 Å². The molecule has 0 aromatic heterocycles. The second-order valence-electron chi connectivity index (χ2n) is 2.29. The second-order valence-corrected chi connectivity index (χ2v) is 4.06. The highest BCUT2D eigenvalue weighted by Gasteiger charge is 2.12. The molecule has 0 aliphatic heterocycles. The van der Waals surface area contributed by atoms with Gasteiger partial charge in [-0.25, -0.2) is 0 Å². The average Bonchev–Trinajstić information content (AvgIpc) is 2.10. The van der Waals surface area contributed by atoms with Gasteiger partial charge < -0.3 is 10.9 Å². The fraction of sp³-hybridized carbons (Fsp3) is 0.143. The van der Waals surface area contributed by atoms with Crippen molar-refractivity contribution in [3.63, 3.8) is 0 Å². The van der Waals surface area contributed by atoms with Crippen LogP contribution < -0.4 is 5.73 Å². The summed E-state index contributed by atoms with van der Waals surface area (Å²) in [4.78, 5) is 0.477. The molecule has 0 fully saturated rings. The Morgan fingerprint density at radius 2 is 2.08 bits per heavy atom. The van der Waals surface area contributed by atoms with Gasteiger partial charge in [-0.2, -0.15) is 0 Å². The van der Waals surface area contributed by atoms with Gasteiger partial charge in [0.05, 0.1) is 7.05 Å². The second kappa shape index (κ2) is 4.06. The Hall–Kier alpha value is -0.620. The number of nitrogens with two attached hydrogens (primary N) is 1. The minimum atomic E-state index is 0.323. The van der Waals surface area contributed by atoms with Crippen LogP contribution in [0.15, 0.2) is 26.2 Å². The summed E-state index contributed by atoms with van der Waals surface area (Å²) in [5, 5.41) is 14.6. The zero-order chi connectivity index (χ0) is 10.0. The van der Waals surface area contributed by atoms with Crippen LogP contribution in [-0.2, 0) is 0 Å². The highest BCUT2D eigenvalue weighted by molar-refractivity contribution is 9.11. The fourth-order valence-corrected chi connectivity index (χ4v) is 2.04. The van der Waals surface area contributed by atoms with Crippen molar-refractivity contribution in [3.8, 4) is 0 Å². The van der Waals surface area contributed by atoms with Crippen LogP contribution in [0.4, 0.5) is 11.4 Å². The molecule has 1 aromatic carbocycles. The van der Waals surface area contributed by atoms with Crippen molar-refractivity contribution in [1.29, 1.82) is 0 Å². The van der Waals surface area contributed by atoms with Crippen LogP contribution in [-0.4, -0.2) is 11.9 Å². The van der Waals surface area contributed by atoms with Crippen LogP contribution in [0.25, 0.3) is 0 Å². The Morgan fingerprint density at radius 3 is 2.62 bits per heavy atom. The highest BCUT2D eigenvalue weighted by Crippen LogP contribution is 2.33. The molecular weight excluding hydrogens is 302 g/mol. The van der Waals surface area contributed by atoms with Gasteiger partial charge in [-0.05, 0) is 27.1 Å². The first-order valence-corrected chi connectivity index (χ1v) is 4.96. The molecule has 6 heteroatoms. The monoisotopic (exact) mass is 307 g/mol. The van der Waals surface area contributed by atoms with Gasteiger partial charge in [0, 0.05) is 15.0 Å². The summed E-state index contributed by atoms with van der Waals surface area (Å²) in [6.45, 7) is 0. The Labute approximate surface area is 92.3 Å². The van der Waals surface area contributed by atoms with E-state index >= 15 is 0 Å². The molecule has 4 nitrogen and oxygen atoms in total. The Bertz CT molecular complexity index is 365. The Kier molecular flexibility index (Phi) is 3.27. The number of azo groups is 1. The number of nitrogens with zero attached hydrogens (tertiary/aromatic N) is 2. The topological polar surface area (TPSA) is 64.5 Å². The van der Waals surface area contributed by atoms with Gasteiger partial charge in [0.2, 0.25) is 0 Å². The summed E-state index contributed by atoms with van der Waals surface area (Å²) in [5.41, 5.74) is 6.36. The highest BCUT2D eigenvalue weighted by atomic mass is 79.9. The van der Waals surface area contributed by atoms with Crippen molar-refractivity contribution in [2.45, 2.75) is 0 Å². The van der Waals surface area contributed by atoms with Gasteiger partial charge in [-0.15, -0.1) is 0 Å². The van der Waals surface area contributed by atoms with Gasteiger partial charge >= 0.3 is 0 Å². The van der Waals surface area contributed by atoms with E-state index in [9.17, 15) is 5.21 Å². The van der Waals surface area contributed by atoms with Crippen LogP contribution in [0.5, 0.6) is 0 Å². The summed E-state index contributed by atoms with van der Waals surface area (Å²) in [6, 6.07) is 3.38. The summed E-state index contributed by atoms with van der Waals surface area (Å²) in [6.07, 6.45) is 0. The lowest BCUT2D eigenvalue weighted by molar-refractivity contribution is -0.438. The van der Waals surface area contributed by atoms with E-state index in [2.05, 4.69) is 37.0 Å². The number of hydrogen-bond acceptors (Lipinski definition) is 3. The number of anilines is 1. The molecule has 0 spiro atoms. The van der Waals surface area contributed by atoms with E-state index in [0.29, 0.717) is 20.7 Å². The number of halogens is 2. The zero-order valence-electron chi connectivity index (χ0n) is 6.79. The van der Waals surface area contributed by atoms with Crippen LogP contribution in [0.3, 0.4) is 0 Å². The SMILES string of the molecule is CN=[N+]([O-])c1cc(Br)cc(Br)c1N. The molecule has 0 radical (unpaired) electrons. The average molecular weight is 309 g/mol. The number of benzene rings is 1. The van der Waals surface area contributed by atoms with Gasteiger partial charge in [-0.3, -0.25) is 0 Å². The van der Waals surface area contributed by atoms with Crippen molar-refractivity contribution in [1.82, 2.24) is 0 Å². The molecule has 13 heavy (non-hydrogen) atoms. The van der Waals surface area contributed by atoms with Gasteiger partial charge in [0.15, 0.2) is 0 Å². The molecule has 0 saturated carbocycles. The van der Waals surface area contributed by atoms with Crippen molar-refractivity contribution in [2.75, 3.05) is 12.8 Å². The molecule has 0 bridgehead atoms. The van der Waals surface area contributed by atoms with Crippen LogP contribution in [0.2, 0.25) is 0 Å². The fourth-order valence-electron chi connectivity index (χ4n) is 0.837.